The number of pyridine rings is 2. The summed E-state index contributed by atoms with van der Waals surface area (Å²) in [4.78, 5) is 18.8. The maximum atomic E-state index is 6.42. The molecule has 0 amide bonds. The van der Waals surface area contributed by atoms with Crippen molar-refractivity contribution >= 4 is 61.6 Å². The lowest BCUT2D eigenvalue weighted by Crippen LogP contribution is -2.34. The van der Waals surface area contributed by atoms with Gasteiger partial charge in [0.1, 0.15) is 17.0 Å². The van der Waals surface area contributed by atoms with Gasteiger partial charge < -0.3 is 5.32 Å². The van der Waals surface area contributed by atoms with Crippen molar-refractivity contribution in [3.63, 3.8) is 0 Å². The van der Waals surface area contributed by atoms with Crippen LogP contribution >= 0.6 is 35.3 Å². The molecule has 1 N–H and O–H groups in total. The molecular formula is C20H19Cl2N5S. The molecule has 1 fully saturated rings. The summed E-state index contributed by atoms with van der Waals surface area (Å²) in [6.07, 6.45) is 7.56. The number of halogens is 2. The minimum Gasteiger partial charge on any atom is -0.366 e. The SMILES string of the molecule is Cc1nc2sc3c(NC4CC(c5ccncc5)C4)ncnc3c2c(C)c1Cl.Cl. The van der Waals surface area contributed by atoms with Gasteiger partial charge >= 0.3 is 0 Å². The van der Waals surface area contributed by atoms with E-state index in [2.05, 4.69) is 37.4 Å². The Hall–Kier alpha value is -2.02. The van der Waals surface area contributed by atoms with Gasteiger partial charge in [-0.05, 0) is 55.9 Å². The van der Waals surface area contributed by atoms with E-state index in [0.29, 0.717) is 12.0 Å². The molecule has 8 heteroatoms. The third-order valence-corrected chi connectivity index (χ3v) is 7.04. The van der Waals surface area contributed by atoms with E-state index in [4.69, 9.17) is 11.6 Å². The number of nitrogens with zero attached hydrogens (tertiary/aromatic N) is 4. The van der Waals surface area contributed by atoms with E-state index in [1.807, 2.05) is 26.2 Å². The van der Waals surface area contributed by atoms with Gasteiger partial charge in [0, 0.05) is 23.8 Å². The molecule has 4 heterocycles. The summed E-state index contributed by atoms with van der Waals surface area (Å²) in [6.45, 7) is 3.98. The Morgan fingerprint density at radius 2 is 1.89 bits per heavy atom. The van der Waals surface area contributed by atoms with E-state index in [1.165, 1.54) is 5.56 Å². The molecule has 144 valence electrons. The highest BCUT2D eigenvalue weighted by atomic mass is 35.5. The standard InChI is InChI=1S/C20H18ClN5S.ClH/c1-10-15-17-18(27-20(15)25-11(2)16(10)21)19(24-9-23-17)26-14-7-13(8-14)12-3-5-22-6-4-12;/h3-6,9,13-14H,7-8H2,1-2H3,(H,23,24,26);1H. The summed E-state index contributed by atoms with van der Waals surface area (Å²) in [5.74, 6) is 1.49. The Labute approximate surface area is 178 Å². The van der Waals surface area contributed by atoms with Gasteiger partial charge in [-0.25, -0.2) is 15.0 Å². The molecule has 4 aromatic rings. The van der Waals surface area contributed by atoms with Crippen molar-refractivity contribution in [3.05, 3.63) is 52.7 Å². The zero-order chi connectivity index (χ0) is 18.5. The molecule has 0 spiro atoms. The Balaban J connectivity index is 0.00000192. The van der Waals surface area contributed by atoms with Gasteiger partial charge in [-0.1, -0.05) is 11.6 Å². The summed E-state index contributed by atoms with van der Waals surface area (Å²) in [5.41, 5.74) is 4.19. The number of anilines is 1. The number of aromatic nitrogens is 4. The predicted molar refractivity (Wildman–Crippen MR) is 118 cm³/mol. The average molecular weight is 432 g/mol. The number of nitrogens with one attached hydrogen (secondary N) is 1. The van der Waals surface area contributed by atoms with Crippen LogP contribution in [0.3, 0.4) is 0 Å². The van der Waals surface area contributed by atoms with Crippen molar-refractivity contribution in [2.75, 3.05) is 5.32 Å². The molecule has 0 unspecified atom stereocenters. The van der Waals surface area contributed by atoms with Crippen LogP contribution in [0.2, 0.25) is 5.02 Å². The largest absolute Gasteiger partial charge is 0.366 e. The molecule has 0 atom stereocenters. The average Bonchev–Trinajstić information content (AvgIpc) is 3.02. The molecule has 0 saturated heterocycles. The van der Waals surface area contributed by atoms with Gasteiger partial charge in [0.2, 0.25) is 0 Å². The highest BCUT2D eigenvalue weighted by Crippen LogP contribution is 2.42. The van der Waals surface area contributed by atoms with Crippen LogP contribution in [-0.2, 0) is 0 Å². The predicted octanol–water partition coefficient (Wildman–Crippen LogP) is 5.68. The molecule has 1 saturated carbocycles. The van der Waals surface area contributed by atoms with E-state index in [0.717, 1.165) is 55.4 Å². The van der Waals surface area contributed by atoms with Crippen molar-refractivity contribution in [2.24, 2.45) is 0 Å². The second kappa shape index (κ2) is 7.43. The number of hydrogen-bond acceptors (Lipinski definition) is 6. The maximum absolute atomic E-state index is 6.42. The second-order valence-corrected chi connectivity index (χ2v) is 8.49. The zero-order valence-corrected chi connectivity index (χ0v) is 17.8. The highest BCUT2D eigenvalue weighted by molar-refractivity contribution is 7.26. The van der Waals surface area contributed by atoms with Crippen molar-refractivity contribution in [3.8, 4) is 0 Å². The van der Waals surface area contributed by atoms with Crippen molar-refractivity contribution in [1.82, 2.24) is 19.9 Å². The zero-order valence-electron chi connectivity index (χ0n) is 15.4. The number of fused-ring (bicyclic) bond motifs is 3. The fourth-order valence-corrected chi connectivity index (χ4v) is 5.16. The number of hydrogen-bond donors (Lipinski definition) is 1. The first-order chi connectivity index (χ1) is 13.1. The molecule has 28 heavy (non-hydrogen) atoms. The summed E-state index contributed by atoms with van der Waals surface area (Å²) in [5, 5.41) is 5.37. The summed E-state index contributed by atoms with van der Waals surface area (Å²) >= 11 is 8.06. The summed E-state index contributed by atoms with van der Waals surface area (Å²) < 4.78 is 1.05. The Morgan fingerprint density at radius 1 is 1.14 bits per heavy atom. The fourth-order valence-electron chi connectivity index (χ4n) is 3.84. The minimum absolute atomic E-state index is 0. The van der Waals surface area contributed by atoms with Crippen LogP contribution < -0.4 is 5.32 Å². The molecule has 1 aliphatic carbocycles. The van der Waals surface area contributed by atoms with Crippen LogP contribution in [0.4, 0.5) is 5.82 Å². The lowest BCUT2D eigenvalue weighted by atomic mass is 9.76. The smallest absolute Gasteiger partial charge is 0.147 e. The molecule has 0 aromatic carbocycles. The minimum atomic E-state index is 0. The number of aryl methyl sites for hydroxylation is 2. The van der Waals surface area contributed by atoms with Gasteiger partial charge in [-0.2, -0.15) is 0 Å². The molecular weight excluding hydrogens is 413 g/mol. The number of rotatable bonds is 3. The van der Waals surface area contributed by atoms with Crippen molar-refractivity contribution < 1.29 is 0 Å². The first-order valence-corrected chi connectivity index (χ1v) is 10.2. The van der Waals surface area contributed by atoms with E-state index in [1.54, 1.807) is 17.7 Å². The van der Waals surface area contributed by atoms with Gasteiger partial charge in [-0.15, -0.1) is 23.7 Å². The topological polar surface area (TPSA) is 63.6 Å². The van der Waals surface area contributed by atoms with Crippen LogP contribution in [0, 0.1) is 13.8 Å². The van der Waals surface area contributed by atoms with Crippen LogP contribution in [-0.4, -0.2) is 26.0 Å². The highest BCUT2D eigenvalue weighted by Gasteiger charge is 2.31. The van der Waals surface area contributed by atoms with Crippen molar-refractivity contribution in [2.45, 2.75) is 38.6 Å². The van der Waals surface area contributed by atoms with Gasteiger partial charge in [0.15, 0.2) is 0 Å². The van der Waals surface area contributed by atoms with Crippen LogP contribution in [0.5, 0.6) is 0 Å². The summed E-state index contributed by atoms with van der Waals surface area (Å²) in [7, 11) is 0. The van der Waals surface area contributed by atoms with E-state index >= 15 is 0 Å². The fraction of sp³-hybridized carbons (Fsp3) is 0.300. The number of thiophene rings is 1. The third kappa shape index (κ3) is 3.09. The Kier molecular flexibility index (Phi) is 5.12. The molecule has 0 bridgehead atoms. The van der Waals surface area contributed by atoms with E-state index < -0.39 is 0 Å². The Morgan fingerprint density at radius 3 is 2.64 bits per heavy atom. The molecule has 0 radical (unpaired) electrons. The van der Waals surface area contributed by atoms with Gasteiger partial charge in [0.25, 0.3) is 0 Å². The monoisotopic (exact) mass is 431 g/mol. The maximum Gasteiger partial charge on any atom is 0.147 e. The molecule has 4 aromatic heterocycles. The van der Waals surface area contributed by atoms with Crippen LogP contribution in [0.25, 0.3) is 20.4 Å². The van der Waals surface area contributed by atoms with E-state index in [9.17, 15) is 0 Å². The van der Waals surface area contributed by atoms with Crippen molar-refractivity contribution in [1.29, 1.82) is 0 Å². The summed E-state index contributed by atoms with van der Waals surface area (Å²) in [6, 6.07) is 4.64. The third-order valence-electron chi connectivity index (χ3n) is 5.40. The lowest BCUT2D eigenvalue weighted by Gasteiger charge is -2.36. The van der Waals surface area contributed by atoms with Crippen LogP contribution in [0.1, 0.15) is 35.6 Å². The van der Waals surface area contributed by atoms with Gasteiger partial charge in [0.05, 0.1) is 20.9 Å². The first kappa shape index (κ1) is 19.3. The second-order valence-electron chi connectivity index (χ2n) is 7.11. The quantitative estimate of drug-likeness (QED) is 0.451. The normalized spacial score (nSPS) is 18.7. The lowest BCUT2D eigenvalue weighted by molar-refractivity contribution is 0.373. The Bertz CT molecular complexity index is 1160. The van der Waals surface area contributed by atoms with Gasteiger partial charge in [-0.3, -0.25) is 4.98 Å². The molecule has 0 aliphatic heterocycles. The molecule has 5 rings (SSSR count). The first-order valence-electron chi connectivity index (χ1n) is 8.98. The van der Waals surface area contributed by atoms with E-state index in [-0.39, 0.29) is 12.4 Å². The molecule has 5 nitrogen and oxygen atoms in total. The molecule has 1 aliphatic rings. The van der Waals surface area contributed by atoms with Crippen LogP contribution in [0.15, 0.2) is 30.9 Å².